The van der Waals surface area contributed by atoms with Crippen molar-refractivity contribution in [3.05, 3.63) is 97.1 Å². The van der Waals surface area contributed by atoms with Crippen molar-refractivity contribution in [3.63, 3.8) is 0 Å². The summed E-state index contributed by atoms with van der Waals surface area (Å²) < 4.78 is 0. The molecule has 0 saturated heterocycles. The smallest absolute Gasteiger partial charge is 0.164 e. The summed E-state index contributed by atoms with van der Waals surface area (Å²) >= 11 is 4.72. The van der Waals surface area contributed by atoms with Crippen LogP contribution in [0.2, 0.25) is 0 Å². The Morgan fingerprint density at radius 2 is 0.605 bits per heavy atom. The molecule has 2 aliphatic heterocycles. The molecule has 5 heterocycles. The summed E-state index contributed by atoms with van der Waals surface area (Å²) in [6.45, 7) is 0. The normalized spacial score (nSPS) is 11.4. The predicted octanol–water partition coefficient (Wildman–Crippen LogP) is 8.26. The Balaban J connectivity index is 0.000000892. The van der Waals surface area contributed by atoms with Gasteiger partial charge in [0.25, 0.3) is 0 Å². The maximum absolute atomic E-state index is 5.02. The van der Waals surface area contributed by atoms with Crippen LogP contribution in [-0.2, 0) is 0 Å². The van der Waals surface area contributed by atoms with E-state index in [2.05, 4.69) is 50.5 Å². The van der Waals surface area contributed by atoms with Crippen molar-refractivity contribution in [3.8, 4) is 45.6 Å². The Hall–Kier alpha value is -3.77. The number of nitrogens with zero attached hydrogens (tertiary/aromatic N) is 6. The molecular weight excluding hydrogens is 777 g/mol. The summed E-state index contributed by atoms with van der Waals surface area (Å²) in [4.78, 5) is 36.8. The Morgan fingerprint density at radius 1 is 0.372 bits per heavy atom. The van der Waals surface area contributed by atoms with Crippen LogP contribution in [0, 0.1) is 0 Å². The molecule has 43 heavy (non-hydrogen) atoms. The average Bonchev–Trinajstić information content (AvgIpc) is 3.77. The van der Waals surface area contributed by atoms with Crippen LogP contribution in [0.5, 0.6) is 0 Å². The number of aromatic nitrogens is 8. The molecule has 0 spiro atoms. The zero-order valence-electron chi connectivity index (χ0n) is 22.3. The van der Waals surface area contributed by atoms with Crippen LogP contribution in [0.25, 0.3) is 89.7 Å². The Morgan fingerprint density at radius 3 is 0.860 bits per heavy atom. The number of hydrogen-bond donors (Lipinski definition) is 2. The van der Waals surface area contributed by atoms with E-state index in [0.29, 0.717) is 54.5 Å². The van der Waals surface area contributed by atoms with Crippen molar-refractivity contribution in [1.82, 2.24) is 39.9 Å². The summed E-state index contributed by atoms with van der Waals surface area (Å²) in [7, 11) is 0.690. The number of nitrogens with one attached hydrogen (secondary N) is 2. The van der Waals surface area contributed by atoms with Crippen molar-refractivity contribution in [2.45, 2.75) is 0 Å². The van der Waals surface area contributed by atoms with Crippen LogP contribution in [0.15, 0.2) is 97.1 Å². The van der Waals surface area contributed by atoms with Crippen LogP contribution in [0.4, 0.5) is 0 Å². The van der Waals surface area contributed by atoms with Crippen LogP contribution in [0.1, 0.15) is 0 Å². The van der Waals surface area contributed by atoms with Gasteiger partial charge in [0.2, 0.25) is 0 Å². The van der Waals surface area contributed by atoms with Gasteiger partial charge < -0.3 is 9.97 Å². The first-order valence-electron chi connectivity index (χ1n) is 13.4. The fourth-order valence-electron chi connectivity index (χ4n) is 5.59. The van der Waals surface area contributed by atoms with E-state index in [9.17, 15) is 0 Å². The standard InChI is InChI=1S/C32H18N8.Al.2HI/c1-2-10-18-17(9-1)25-33-26(18)38-28-21-13-5-6-14-22(21)30(35-28)40-32-24-16-8-7-15-23(24)31(36-32)39-29-20-12-4-3-11-19(20)27(34-29)37-25;;;/h1-16H,(H2,33,34,35,36,37,38,39,40);;2*1H/q;+3;;/p-2. The van der Waals surface area contributed by atoms with E-state index in [4.69, 9.17) is 29.9 Å². The second kappa shape index (κ2) is 11.1. The maximum Gasteiger partial charge on any atom is 0.164 e. The number of benzene rings is 4. The number of H-pyrrole nitrogens is 2. The third kappa shape index (κ3) is 4.62. The monoisotopic (exact) mass is 795 g/mol. The minimum atomic E-state index is 0.597. The molecule has 0 saturated carbocycles. The summed E-state index contributed by atoms with van der Waals surface area (Å²) in [5.41, 5.74) is 6.45. The van der Waals surface area contributed by atoms with Gasteiger partial charge in [-0.2, -0.15) is 0 Å². The number of fused-ring (bicyclic) bond motifs is 20. The molecule has 11 heteroatoms. The average molecular weight is 795 g/mol. The Kier molecular flexibility index (Phi) is 6.90. The van der Waals surface area contributed by atoms with E-state index in [0.717, 1.165) is 43.8 Å². The third-order valence-electron chi connectivity index (χ3n) is 7.46. The molecule has 9 rings (SSSR count). The van der Waals surface area contributed by atoms with E-state index in [-0.39, 0.29) is 0 Å². The molecule has 202 valence electrons. The van der Waals surface area contributed by atoms with Gasteiger partial charge in [0.1, 0.15) is 22.6 Å². The van der Waals surface area contributed by atoms with Crippen LogP contribution < -0.4 is 0 Å². The maximum atomic E-state index is 5.02. The molecule has 0 aliphatic carbocycles. The molecule has 3 aromatic heterocycles. The number of hydrogen-bond acceptors (Lipinski definition) is 6. The molecule has 8 bridgehead atoms. The van der Waals surface area contributed by atoms with Crippen molar-refractivity contribution in [1.29, 1.82) is 0 Å². The molecule has 0 amide bonds. The molecule has 2 N–H and O–H groups in total. The molecule has 7 aromatic rings. The van der Waals surface area contributed by atoms with Gasteiger partial charge in [0, 0.05) is 43.8 Å². The van der Waals surface area contributed by atoms with Gasteiger partial charge in [-0.25, -0.2) is 29.9 Å². The fourth-order valence-corrected chi connectivity index (χ4v) is 5.59. The summed E-state index contributed by atoms with van der Waals surface area (Å²) in [6.07, 6.45) is 0. The largest absolute Gasteiger partial charge is 0.324 e. The van der Waals surface area contributed by atoms with Gasteiger partial charge >= 0.3 is 49.2 Å². The Labute approximate surface area is 273 Å². The molecule has 0 atom stereocenters. The molecule has 4 aromatic carbocycles. The molecule has 2 aliphatic rings. The number of halogens is 2. The van der Waals surface area contributed by atoms with Crippen molar-refractivity contribution >= 4 is 93.3 Å². The van der Waals surface area contributed by atoms with Gasteiger partial charge in [0.05, 0.1) is 0 Å². The second-order valence-corrected chi connectivity index (χ2v) is 20.9. The van der Waals surface area contributed by atoms with Crippen molar-refractivity contribution in [2.75, 3.05) is 0 Å². The fraction of sp³-hybridized carbons (Fsp3) is 0. The third-order valence-corrected chi connectivity index (χ3v) is 7.46. The summed E-state index contributed by atoms with van der Waals surface area (Å²) in [5.74, 6) is 2.39. The van der Waals surface area contributed by atoms with Crippen LogP contribution in [0.3, 0.4) is 0 Å². The molecule has 0 unspecified atom stereocenters. The van der Waals surface area contributed by atoms with Gasteiger partial charge in [0.15, 0.2) is 23.3 Å². The topological polar surface area (TPSA) is 109 Å². The van der Waals surface area contributed by atoms with Gasteiger partial charge in [-0.05, 0) is 0 Å². The molecule has 8 nitrogen and oxygen atoms in total. The van der Waals surface area contributed by atoms with E-state index in [1.54, 1.807) is 0 Å². The molecular formula is C32H18AlI2N8+. The van der Waals surface area contributed by atoms with Crippen LogP contribution >= 0.6 is 40.5 Å². The number of aromatic amines is 2. The Bertz CT molecular complexity index is 2060. The summed E-state index contributed by atoms with van der Waals surface area (Å²) in [5, 5.41) is 3.82. The van der Waals surface area contributed by atoms with Gasteiger partial charge in [-0.1, -0.05) is 97.1 Å². The quantitative estimate of drug-likeness (QED) is 0.118. The van der Waals surface area contributed by atoms with Crippen LogP contribution in [-0.4, -0.2) is 48.5 Å². The zero-order chi connectivity index (χ0) is 28.9. The first-order chi connectivity index (χ1) is 21.2. The van der Waals surface area contributed by atoms with E-state index < -0.39 is 0 Å². The minimum Gasteiger partial charge on any atom is -0.324 e. The predicted molar refractivity (Wildman–Crippen MR) is 190 cm³/mol. The van der Waals surface area contributed by atoms with E-state index in [1.807, 2.05) is 97.1 Å². The first kappa shape index (κ1) is 26.8. The van der Waals surface area contributed by atoms with E-state index in [1.165, 1.54) is 0 Å². The first-order valence-corrected chi connectivity index (χ1v) is 21.8. The van der Waals surface area contributed by atoms with Gasteiger partial charge in [-0.3, -0.25) is 0 Å². The second-order valence-electron chi connectivity index (χ2n) is 9.87. The molecule has 0 radical (unpaired) electrons. The SMILES string of the molecule is [I][Al+][I].c1ccc2c(c1)-c1nc-2nc2[nH]c(nc3nc(nc4[nH]c(n1)c1ccccc41)-c1ccccc1-3)c1ccccc21. The zero-order valence-corrected chi connectivity index (χ0v) is 27.7. The van der Waals surface area contributed by atoms with Crippen molar-refractivity contribution < 1.29 is 0 Å². The number of rotatable bonds is 0. The van der Waals surface area contributed by atoms with Gasteiger partial charge in [-0.15, -0.1) is 0 Å². The van der Waals surface area contributed by atoms with Crippen molar-refractivity contribution in [2.24, 2.45) is 0 Å². The molecule has 0 fully saturated rings. The minimum absolute atomic E-state index is 0.597. The summed E-state index contributed by atoms with van der Waals surface area (Å²) in [6, 6.07) is 32.2. The van der Waals surface area contributed by atoms with E-state index >= 15 is 0 Å².